The van der Waals surface area contributed by atoms with Crippen LogP contribution in [0.25, 0.3) is 10.9 Å². The third-order valence-electron chi connectivity index (χ3n) is 11.6. The molecule has 14 heteroatoms. The highest BCUT2D eigenvalue weighted by Gasteiger charge is 2.35. The second-order valence-corrected chi connectivity index (χ2v) is 18.1. The normalized spacial score (nSPS) is 17.8. The maximum Gasteiger partial charge on any atom is 0.407 e. The first kappa shape index (κ1) is 48.0. The van der Waals surface area contributed by atoms with E-state index in [1.165, 1.54) is 22.0 Å². The molecule has 0 unspecified atom stereocenters. The number of amides is 2. The number of esters is 1. The van der Waals surface area contributed by atoms with E-state index in [0.29, 0.717) is 49.8 Å². The molecule has 0 saturated heterocycles. The molecule has 14 nitrogen and oxygen atoms in total. The van der Waals surface area contributed by atoms with Crippen molar-refractivity contribution in [2.75, 3.05) is 13.7 Å². The smallest absolute Gasteiger partial charge is 0.407 e. The highest BCUT2D eigenvalue weighted by molar-refractivity contribution is 5.89. The Hall–Kier alpha value is -4.69. The summed E-state index contributed by atoms with van der Waals surface area (Å²) < 4.78 is 18.9. The van der Waals surface area contributed by atoms with Gasteiger partial charge in [0.15, 0.2) is 0 Å². The van der Waals surface area contributed by atoms with Crippen molar-refractivity contribution >= 4 is 28.9 Å². The zero-order valence-electron chi connectivity index (χ0n) is 37.0. The van der Waals surface area contributed by atoms with Gasteiger partial charge in [-0.05, 0) is 137 Å². The van der Waals surface area contributed by atoms with E-state index in [1.54, 1.807) is 52.1 Å². The van der Waals surface area contributed by atoms with Crippen LogP contribution < -0.4 is 10.6 Å². The van der Waals surface area contributed by atoms with Crippen molar-refractivity contribution in [2.45, 2.75) is 143 Å². The molecular formula is C46H68N4O10. The van der Waals surface area contributed by atoms with E-state index >= 15 is 0 Å². The summed E-state index contributed by atoms with van der Waals surface area (Å²) in [6, 6.07) is 12.1. The second-order valence-electron chi connectivity index (χ2n) is 18.1. The molecule has 3 N–H and O–H groups in total. The number of aromatic nitrogens is 1. The number of methoxy groups -OCH3 is 1. The van der Waals surface area contributed by atoms with Crippen molar-refractivity contribution in [3.8, 4) is 0 Å². The monoisotopic (exact) mass is 836 g/mol. The molecule has 3 aromatic rings. The molecule has 0 spiro atoms. The Morgan fingerprint density at radius 3 is 2.23 bits per heavy atom. The van der Waals surface area contributed by atoms with Crippen LogP contribution in [0, 0.1) is 33.8 Å². The van der Waals surface area contributed by atoms with Gasteiger partial charge in [0.25, 0.3) is 5.09 Å². The number of aryl methyl sites for hydroxylation is 2. The number of hydrogen-bond acceptors (Lipinski definition) is 10. The fourth-order valence-electron chi connectivity index (χ4n) is 8.07. The summed E-state index contributed by atoms with van der Waals surface area (Å²) in [6.07, 6.45) is 5.89. The van der Waals surface area contributed by atoms with Gasteiger partial charge in [0.05, 0.1) is 17.7 Å². The average Bonchev–Trinajstić information content (AvgIpc) is 3.49. The highest BCUT2D eigenvalue weighted by atomic mass is 16.9. The minimum Gasteiger partial charge on any atom is -0.459 e. The Morgan fingerprint density at radius 2 is 1.63 bits per heavy atom. The Kier molecular flexibility index (Phi) is 17.8. The Labute approximate surface area is 355 Å². The minimum atomic E-state index is -1.02. The number of alkyl carbamates (subject to hydrolysis) is 1. The third-order valence-corrected chi connectivity index (χ3v) is 11.6. The van der Waals surface area contributed by atoms with E-state index in [4.69, 9.17) is 14.2 Å². The number of aliphatic hydroxyl groups is 1. The fraction of sp³-hybridized carbons (Fsp3) is 0.630. The number of carbonyl (C=O) groups excluding carboxylic acids is 3. The van der Waals surface area contributed by atoms with Gasteiger partial charge >= 0.3 is 12.1 Å². The van der Waals surface area contributed by atoms with E-state index < -0.39 is 40.8 Å². The number of benzene rings is 2. The first-order valence-electron chi connectivity index (χ1n) is 21.4. The molecule has 332 valence electrons. The van der Waals surface area contributed by atoms with E-state index in [2.05, 4.69) is 65.3 Å². The largest absolute Gasteiger partial charge is 0.459 e. The maximum atomic E-state index is 13.9. The second kappa shape index (κ2) is 22.2. The molecule has 60 heavy (non-hydrogen) atoms. The SMILES string of the molecule is COCCCc1cn(C)c2ccc(C[C@@H](C[C@H](NC(=O)OC(C)(C)C)[C@@H](O)C[C@H](C(=O)NC3CCC(OC(=O)c4ccc(CO[N+](=O)[O-])cc4)CC3)C(C)C)C(C)C)cc12. The van der Waals surface area contributed by atoms with E-state index in [0.717, 1.165) is 19.3 Å². The molecule has 0 aliphatic heterocycles. The lowest BCUT2D eigenvalue weighted by Gasteiger charge is -2.34. The van der Waals surface area contributed by atoms with Crippen LogP contribution in [0.1, 0.15) is 120 Å². The minimum absolute atomic E-state index is 0.0896. The molecule has 1 aliphatic carbocycles. The topological polar surface area (TPSA) is 180 Å². The van der Waals surface area contributed by atoms with Crippen molar-refractivity contribution in [3.63, 3.8) is 0 Å². The van der Waals surface area contributed by atoms with E-state index in [1.807, 2.05) is 13.8 Å². The number of fused-ring (bicyclic) bond motifs is 1. The average molecular weight is 837 g/mol. The molecule has 2 aromatic carbocycles. The van der Waals surface area contributed by atoms with Crippen LogP contribution in [-0.4, -0.2) is 76.3 Å². The molecule has 4 atom stereocenters. The number of carbonyl (C=O) groups is 3. The summed E-state index contributed by atoms with van der Waals surface area (Å²) >= 11 is 0. The zero-order valence-corrected chi connectivity index (χ0v) is 37.0. The quantitative estimate of drug-likeness (QED) is 0.0414. The number of rotatable bonds is 21. The standard InChI is InChI=1S/C46H68N4O10/c1-29(2)35(23-32-14-21-41-39(24-32)34(27-49(41)8)11-10-22-57-9)25-40(48-45(54)60-46(5,6)7)42(51)26-38(30(3)4)43(52)47-36-17-19-37(20-18-36)59-44(53)33-15-12-31(13-16-33)28-58-50(55)56/h12-16,21,24,27,29-30,35-38,40,42,51H,10-11,17-20,22-23,25-26,28H2,1-9H3,(H,47,52)(H,48,54)/t35-,36?,37?,38-,40-,42-/m0/s1. The predicted molar refractivity (Wildman–Crippen MR) is 230 cm³/mol. The van der Waals surface area contributed by atoms with E-state index in [-0.39, 0.29) is 48.8 Å². The van der Waals surface area contributed by atoms with Gasteiger partial charge in [0.2, 0.25) is 5.91 Å². The number of aliphatic hydroxyl groups excluding tert-OH is 1. The van der Waals surface area contributed by atoms with Gasteiger partial charge in [-0.25, -0.2) is 9.59 Å². The lowest BCUT2D eigenvalue weighted by atomic mass is 9.80. The Bertz CT molecular complexity index is 1860. The van der Waals surface area contributed by atoms with E-state index in [9.17, 15) is 29.6 Å². The predicted octanol–water partition coefficient (Wildman–Crippen LogP) is 7.87. The summed E-state index contributed by atoms with van der Waals surface area (Å²) in [7, 11) is 3.79. The van der Waals surface area contributed by atoms with Gasteiger partial charge in [-0.15, -0.1) is 10.1 Å². The summed E-state index contributed by atoms with van der Waals surface area (Å²) in [4.78, 5) is 54.8. The van der Waals surface area contributed by atoms with Crippen LogP contribution in [-0.2, 0) is 50.3 Å². The highest BCUT2D eigenvalue weighted by Crippen LogP contribution is 2.31. The van der Waals surface area contributed by atoms with Gasteiger partial charge in [0, 0.05) is 49.8 Å². The molecule has 1 fully saturated rings. The Balaban J connectivity index is 1.40. The van der Waals surface area contributed by atoms with Crippen molar-refractivity contribution in [1.82, 2.24) is 15.2 Å². The molecule has 1 aromatic heterocycles. The fourth-order valence-corrected chi connectivity index (χ4v) is 8.07. The number of nitrogens with one attached hydrogen (secondary N) is 2. The number of hydrogen-bond donors (Lipinski definition) is 3. The molecule has 4 rings (SSSR count). The van der Waals surface area contributed by atoms with Gasteiger partial charge in [-0.3, -0.25) is 4.79 Å². The summed E-state index contributed by atoms with van der Waals surface area (Å²) in [5.74, 6) is -0.912. The van der Waals surface area contributed by atoms with Crippen LogP contribution in [0.5, 0.6) is 0 Å². The van der Waals surface area contributed by atoms with Crippen molar-refractivity contribution in [1.29, 1.82) is 0 Å². The van der Waals surface area contributed by atoms with Gasteiger partial charge < -0.3 is 39.4 Å². The zero-order chi connectivity index (χ0) is 44.1. The van der Waals surface area contributed by atoms with Crippen molar-refractivity contribution < 1.29 is 43.6 Å². The molecule has 0 bridgehead atoms. The molecule has 1 heterocycles. The van der Waals surface area contributed by atoms with Crippen LogP contribution >= 0.6 is 0 Å². The van der Waals surface area contributed by atoms with Gasteiger partial charge in [-0.1, -0.05) is 45.9 Å². The van der Waals surface area contributed by atoms with Gasteiger partial charge in [-0.2, -0.15) is 0 Å². The lowest BCUT2D eigenvalue weighted by molar-refractivity contribution is -0.763. The van der Waals surface area contributed by atoms with Crippen LogP contribution in [0.15, 0.2) is 48.7 Å². The summed E-state index contributed by atoms with van der Waals surface area (Å²) in [5.41, 5.74) is 3.81. The lowest BCUT2D eigenvalue weighted by Crippen LogP contribution is -2.49. The molecule has 0 radical (unpaired) electrons. The van der Waals surface area contributed by atoms with Crippen molar-refractivity contribution in [2.24, 2.45) is 30.7 Å². The third kappa shape index (κ3) is 14.8. The van der Waals surface area contributed by atoms with Crippen LogP contribution in [0.3, 0.4) is 0 Å². The number of ether oxygens (including phenoxy) is 3. The summed E-state index contributed by atoms with van der Waals surface area (Å²) in [6.45, 7) is 14.1. The van der Waals surface area contributed by atoms with Crippen LogP contribution in [0.4, 0.5) is 4.79 Å². The molecule has 2 amide bonds. The summed E-state index contributed by atoms with van der Waals surface area (Å²) in [5, 5.41) is 29.0. The Morgan fingerprint density at radius 1 is 0.967 bits per heavy atom. The molecular weight excluding hydrogens is 769 g/mol. The van der Waals surface area contributed by atoms with Crippen molar-refractivity contribution in [3.05, 3.63) is 81.0 Å². The first-order valence-corrected chi connectivity index (χ1v) is 21.4. The van der Waals surface area contributed by atoms with Crippen LogP contribution in [0.2, 0.25) is 0 Å². The first-order chi connectivity index (χ1) is 28.3. The maximum absolute atomic E-state index is 13.9. The van der Waals surface area contributed by atoms with Gasteiger partial charge in [0.1, 0.15) is 18.3 Å². The molecule has 1 saturated carbocycles. The number of nitrogens with zero attached hydrogens (tertiary/aromatic N) is 2. The molecule has 1 aliphatic rings.